The number of hydrogen-bond donors (Lipinski definition) is 3. The van der Waals surface area contributed by atoms with Gasteiger partial charge in [-0.25, -0.2) is 9.78 Å². The van der Waals surface area contributed by atoms with Gasteiger partial charge < -0.3 is 25.4 Å². The largest absolute Gasteiger partial charge is 0.351 e. The van der Waals surface area contributed by atoms with E-state index in [0.717, 1.165) is 10.9 Å². The summed E-state index contributed by atoms with van der Waals surface area (Å²) >= 11 is 1.31. The number of hydrogen-bond acceptors (Lipinski definition) is 5. The Balaban J connectivity index is 1.28. The molecule has 3 aromatic rings. The standard InChI is InChI=1S/C20H22N6O3S/c1-13(17(27)24-19-21-6-11-30-19)22-20(29)26-9-7-25(8-10-26)18(28)16-12-14-4-2-3-5-15(14)23-16/h2-6,11-13,23H,7-10H2,1H3,(H,22,29)(H,21,24,27)/t13-/m1/s1. The summed E-state index contributed by atoms with van der Waals surface area (Å²) in [5.74, 6) is -0.409. The summed E-state index contributed by atoms with van der Waals surface area (Å²) in [4.78, 5) is 47.9. The Kier molecular flexibility index (Phi) is 5.66. The highest BCUT2D eigenvalue weighted by molar-refractivity contribution is 7.13. The molecule has 30 heavy (non-hydrogen) atoms. The number of piperazine rings is 1. The first kappa shape index (κ1) is 19.9. The van der Waals surface area contributed by atoms with E-state index in [9.17, 15) is 14.4 Å². The van der Waals surface area contributed by atoms with Crippen LogP contribution in [-0.4, -0.2) is 69.8 Å². The van der Waals surface area contributed by atoms with Crippen LogP contribution in [0.15, 0.2) is 41.9 Å². The lowest BCUT2D eigenvalue weighted by Crippen LogP contribution is -2.55. The molecule has 4 rings (SSSR count). The molecule has 3 heterocycles. The Morgan fingerprint density at radius 3 is 2.57 bits per heavy atom. The normalized spacial score (nSPS) is 15.1. The molecule has 0 radical (unpaired) electrons. The summed E-state index contributed by atoms with van der Waals surface area (Å²) in [6.45, 7) is 3.29. The third-order valence-corrected chi connectivity index (χ3v) is 5.70. The Morgan fingerprint density at radius 2 is 1.87 bits per heavy atom. The van der Waals surface area contributed by atoms with E-state index in [0.29, 0.717) is 37.0 Å². The highest BCUT2D eigenvalue weighted by Gasteiger charge is 2.27. The van der Waals surface area contributed by atoms with Gasteiger partial charge in [0.2, 0.25) is 5.91 Å². The van der Waals surface area contributed by atoms with Gasteiger partial charge in [-0.15, -0.1) is 11.3 Å². The van der Waals surface area contributed by atoms with Gasteiger partial charge in [0.15, 0.2) is 5.13 Å². The van der Waals surface area contributed by atoms with E-state index < -0.39 is 6.04 Å². The van der Waals surface area contributed by atoms with Gasteiger partial charge in [-0.1, -0.05) is 18.2 Å². The number of fused-ring (bicyclic) bond motifs is 1. The predicted molar refractivity (Wildman–Crippen MR) is 115 cm³/mol. The minimum atomic E-state index is -0.701. The first-order valence-electron chi connectivity index (χ1n) is 9.64. The van der Waals surface area contributed by atoms with Crippen molar-refractivity contribution in [1.82, 2.24) is 25.1 Å². The second-order valence-corrected chi connectivity index (χ2v) is 7.94. The maximum absolute atomic E-state index is 12.8. The van der Waals surface area contributed by atoms with Crippen molar-refractivity contribution in [2.75, 3.05) is 31.5 Å². The maximum Gasteiger partial charge on any atom is 0.318 e. The lowest BCUT2D eigenvalue weighted by atomic mass is 10.2. The fourth-order valence-corrected chi connectivity index (χ4v) is 3.84. The fraction of sp³-hybridized carbons (Fsp3) is 0.300. The molecule has 2 aromatic heterocycles. The lowest BCUT2D eigenvalue weighted by molar-refractivity contribution is -0.117. The average molecular weight is 427 g/mol. The van der Waals surface area contributed by atoms with E-state index in [1.807, 2.05) is 30.3 Å². The van der Waals surface area contributed by atoms with E-state index in [1.54, 1.807) is 28.3 Å². The molecule has 9 nitrogen and oxygen atoms in total. The molecule has 0 bridgehead atoms. The number of aromatic amines is 1. The van der Waals surface area contributed by atoms with Gasteiger partial charge in [0.1, 0.15) is 11.7 Å². The molecule has 1 aliphatic rings. The van der Waals surface area contributed by atoms with Crippen LogP contribution in [0.25, 0.3) is 10.9 Å². The maximum atomic E-state index is 12.8. The molecule has 0 spiro atoms. The first-order chi connectivity index (χ1) is 14.5. The number of carbonyl (C=O) groups excluding carboxylic acids is 3. The minimum absolute atomic E-state index is 0.0811. The third kappa shape index (κ3) is 4.28. The molecule has 0 saturated carbocycles. The molecule has 1 aliphatic heterocycles. The number of urea groups is 1. The van der Waals surface area contributed by atoms with Gasteiger partial charge in [0.25, 0.3) is 5.91 Å². The van der Waals surface area contributed by atoms with Crippen LogP contribution >= 0.6 is 11.3 Å². The summed E-state index contributed by atoms with van der Waals surface area (Å²) in [6, 6.07) is 8.56. The molecule has 0 unspecified atom stereocenters. The lowest BCUT2D eigenvalue weighted by Gasteiger charge is -2.35. The zero-order valence-electron chi connectivity index (χ0n) is 16.4. The van der Waals surface area contributed by atoms with Crippen LogP contribution < -0.4 is 10.6 Å². The summed E-state index contributed by atoms with van der Waals surface area (Å²) in [6.07, 6.45) is 1.60. The number of nitrogens with one attached hydrogen (secondary N) is 3. The van der Waals surface area contributed by atoms with E-state index in [-0.39, 0.29) is 17.8 Å². The molecule has 1 fully saturated rings. The zero-order chi connectivity index (χ0) is 21.1. The Hall–Kier alpha value is -3.40. The van der Waals surface area contributed by atoms with Crippen molar-refractivity contribution in [1.29, 1.82) is 0 Å². The number of para-hydroxylation sites is 1. The van der Waals surface area contributed by atoms with E-state index in [2.05, 4.69) is 20.6 Å². The number of amides is 4. The summed E-state index contributed by atoms with van der Waals surface area (Å²) in [5.41, 5.74) is 1.46. The quantitative estimate of drug-likeness (QED) is 0.593. The number of thiazole rings is 1. The second-order valence-electron chi connectivity index (χ2n) is 7.05. The van der Waals surface area contributed by atoms with Gasteiger partial charge in [-0.05, 0) is 19.1 Å². The molecule has 1 aromatic carbocycles. The van der Waals surface area contributed by atoms with Crippen molar-refractivity contribution >= 4 is 45.2 Å². The highest BCUT2D eigenvalue weighted by atomic mass is 32.1. The molecule has 0 aliphatic carbocycles. The number of rotatable bonds is 4. The van der Waals surface area contributed by atoms with Gasteiger partial charge in [0, 0.05) is 48.7 Å². The number of nitrogens with zero attached hydrogens (tertiary/aromatic N) is 3. The van der Waals surface area contributed by atoms with Crippen molar-refractivity contribution in [3.63, 3.8) is 0 Å². The fourth-order valence-electron chi connectivity index (χ4n) is 3.31. The van der Waals surface area contributed by atoms with Crippen LogP contribution in [0.5, 0.6) is 0 Å². The second kappa shape index (κ2) is 8.54. The third-order valence-electron chi connectivity index (χ3n) is 5.01. The minimum Gasteiger partial charge on any atom is -0.351 e. The van der Waals surface area contributed by atoms with Gasteiger partial charge >= 0.3 is 6.03 Å². The Morgan fingerprint density at radius 1 is 1.13 bits per heavy atom. The van der Waals surface area contributed by atoms with E-state index in [4.69, 9.17) is 0 Å². The summed E-state index contributed by atoms with van der Waals surface area (Å²) in [7, 11) is 0. The van der Waals surface area contributed by atoms with Crippen molar-refractivity contribution in [3.05, 3.63) is 47.6 Å². The van der Waals surface area contributed by atoms with Gasteiger partial charge in [0.05, 0.1) is 0 Å². The number of anilines is 1. The van der Waals surface area contributed by atoms with Crippen LogP contribution in [0, 0.1) is 0 Å². The van der Waals surface area contributed by atoms with Crippen molar-refractivity contribution in [2.45, 2.75) is 13.0 Å². The van der Waals surface area contributed by atoms with Crippen LogP contribution in [0.4, 0.5) is 9.93 Å². The van der Waals surface area contributed by atoms with Crippen LogP contribution in [0.2, 0.25) is 0 Å². The Labute approximate surface area is 177 Å². The average Bonchev–Trinajstić information content (AvgIpc) is 3.42. The number of benzene rings is 1. The smallest absolute Gasteiger partial charge is 0.318 e. The topological polar surface area (TPSA) is 110 Å². The predicted octanol–water partition coefficient (Wildman–Crippen LogP) is 2.12. The molecule has 10 heteroatoms. The van der Waals surface area contributed by atoms with Crippen LogP contribution in [-0.2, 0) is 4.79 Å². The van der Waals surface area contributed by atoms with Gasteiger partial charge in [-0.2, -0.15) is 0 Å². The number of aromatic nitrogens is 2. The van der Waals surface area contributed by atoms with E-state index >= 15 is 0 Å². The summed E-state index contributed by atoms with van der Waals surface area (Å²) in [5, 5.41) is 8.60. The molecule has 1 atom stereocenters. The monoisotopic (exact) mass is 426 g/mol. The van der Waals surface area contributed by atoms with Crippen molar-refractivity contribution < 1.29 is 14.4 Å². The molecule has 4 amide bonds. The number of H-pyrrole nitrogens is 1. The first-order valence-corrected chi connectivity index (χ1v) is 10.5. The highest BCUT2D eigenvalue weighted by Crippen LogP contribution is 2.17. The van der Waals surface area contributed by atoms with Crippen LogP contribution in [0.3, 0.4) is 0 Å². The Bertz CT molecular complexity index is 1020. The molecule has 1 saturated heterocycles. The SMILES string of the molecule is C[C@@H](NC(=O)N1CCN(C(=O)c2cc3ccccc3[nH]2)CC1)C(=O)Nc1nccs1. The van der Waals surface area contributed by atoms with Crippen molar-refractivity contribution in [2.24, 2.45) is 0 Å². The molecular formula is C20H22N6O3S. The van der Waals surface area contributed by atoms with Crippen molar-refractivity contribution in [3.8, 4) is 0 Å². The molecule has 3 N–H and O–H groups in total. The summed E-state index contributed by atoms with van der Waals surface area (Å²) < 4.78 is 0. The van der Waals surface area contributed by atoms with Gasteiger partial charge in [-0.3, -0.25) is 9.59 Å². The van der Waals surface area contributed by atoms with E-state index in [1.165, 1.54) is 11.3 Å². The van der Waals surface area contributed by atoms with Crippen LogP contribution in [0.1, 0.15) is 17.4 Å². The molecular weight excluding hydrogens is 404 g/mol. The zero-order valence-corrected chi connectivity index (χ0v) is 17.2. The number of carbonyl (C=O) groups is 3. The molecule has 156 valence electrons.